The van der Waals surface area contributed by atoms with Crippen molar-refractivity contribution in [2.75, 3.05) is 34.0 Å². The summed E-state index contributed by atoms with van der Waals surface area (Å²) in [7, 11) is 3.02. The molecule has 0 aliphatic heterocycles. The molecule has 0 saturated carbocycles. The van der Waals surface area contributed by atoms with Gasteiger partial charge in [0, 0.05) is 13.7 Å². The molecule has 0 aliphatic rings. The van der Waals surface area contributed by atoms with E-state index in [0.717, 1.165) is 0 Å². The second-order valence-electron chi connectivity index (χ2n) is 4.39. The number of rotatable bonds is 8. The molecule has 1 aromatic carbocycles. The van der Waals surface area contributed by atoms with Gasteiger partial charge in [0.25, 0.3) is 5.91 Å². The quantitative estimate of drug-likeness (QED) is 0.447. The molecule has 0 aliphatic carbocycles. The molecule has 0 saturated heterocycles. The highest BCUT2D eigenvalue weighted by Crippen LogP contribution is 2.36. The number of halogens is 1. The van der Waals surface area contributed by atoms with Crippen LogP contribution >= 0.6 is 11.6 Å². The lowest BCUT2D eigenvalue weighted by Gasteiger charge is -2.12. The Hall–Kier alpha value is -2.23. The summed E-state index contributed by atoms with van der Waals surface area (Å²) >= 11 is 6.14. The van der Waals surface area contributed by atoms with Crippen molar-refractivity contribution < 1.29 is 19.0 Å². The number of ether oxygens (including phenoxy) is 3. The van der Waals surface area contributed by atoms with Crippen molar-refractivity contribution in [3.05, 3.63) is 28.3 Å². The van der Waals surface area contributed by atoms with E-state index in [1.165, 1.54) is 20.3 Å². The molecule has 0 heterocycles. The fourth-order valence-corrected chi connectivity index (χ4v) is 2.11. The van der Waals surface area contributed by atoms with Crippen molar-refractivity contribution in [1.29, 1.82) is 5.26 Å². The molecule has 7 heteroatoms. The Balaban J connectivity index is 3.08. The third-order valence-electron chi connectivity index (χ3n) is 2.80. The molecule has 0 unspecified atom stereocenters. The van der Waals surface area contributed by atoms with Gasteiger partial charge in [0.15, 0.2) is 11.5 Å². The number of carbonyl (C=O) groups excluding carboxylic acids is 1. The predicted octanol–water partition coefficient (Wildman–Crippen LogP) is 2.42. The van der Waals surface area contributed by atoms with Crippen molar-refractivity contribution in [3.63, 3.8) is 0 Å². The van der Waals surface area contributed by atoms with Gasteiger partial charge in [-0.1, -0.05) is 11.6 Å². The number of amides is 1. The molecule has 0 atom stereocenters. The molecule has 1 aromatic rings. The normalized spacial score (nSPS) is 10.8. The van der Waals surface area contributed by atoms with E-state index < -0.39 is 5.91 Å². The summed E-state index contributed by atoms with van der Waals surface area (Å²) in [6.45, 7) is 2.96. The molecule has 0 spiro atoms. The van der Waals surface area contributed by atoms with E-state index in [1.807, 2.05) is 13.0 Å². The van der Waals surface area contributed by atoms with Crippen molar-refractivity contribution in [2.45, 2.75) is 6.92 Å². The molecule has 0 aromatic heterocycles. The molecule has 124 valence electrons. The minimum absolute atomic E-state index is 0.0372. The molecule has 0 fully saturated rings. The van der Waals surface area contributed by atoms with Gasteiger partial charge in [-0.2, -0.15) is 5.26 Å². The summed E-state index contributed by atoms with van der Waals surface area (Å²) in [6.07, 6.45) is 1.44. The molecule has 1 amide bonds. The summed E-state index contributed by atoms with van der Waals surface area (Å²) in [5.41, 5.74) is 0.530. The number of benzene rings is 1. The lowest BCUT2D eigenvalue weighted by Crippen LogP contribution is -2.27. The third-order valence-corrected chi connectivity index (χ3v) is 3.08. The van der Waals surface area contributed by atoms with Gasteiger partial charge < -0.3 is 19.5 Å². The molecule has 6 nitrogen and oxygen atoms in total. The highest BCUT2D eigenvalue weighted by molar-refractivity contribution is 6.32. The second-order valence-corrected chi connectivity index (χ2v) is 4.79. The summed E-state index contributed by atoms with van der Waals surface area (Å²) in [6, 6.07) is 5.13. The van der Waals surface area contributed by atoms with Crippen LogP contribution in [0.2, 0.25) is 5.02 Å². The van der Waals surface area contributed by atoms with Crippen LogP contribution in [0.25, 0.3) is 6.08 Å². The average Bonchev–Trinajstić information content (AvgIpc) is 2.53. The smallest absolute Gasteiger partial charge is 0.262 e. The Bertz CT molecular complexity index is 623. The largest absolute Gasteiger partial charge is 0.491 e. The molecular weight excluding hydrogens is 320 g/mol. The van der Waals surface area contributed by atoms with Crippen molar-refractivity contribution in [1.82, 2.24) is 5.32 Å². The van der Waals surface area contributed by atoms with Crippen LogP contribution in [-0.4, -0.2) is 39.9 Å². The predicted molar refractivity (Wildman–Crippen MR) is 87.6 cm³/mol. The van der Waals surface area contributed by atoms with Crippen LogP contribution in [0.4, 0.5) is 0 Å². The monoisotopic (exact) mass is 338 g/mol. The van der Waals surface area contributed by atoms with Crippen LogP contribution in [0.15, 0.2) is 17.7 Å². The third kappa shape index (κ3) is 5.47. The van der Waals surface area contributed by atoms with Crippen LogP contribution in [0, 0.1) is 11.3 Å². The number of carbonyl (C=O) groups is 1. The highest BCUT2D eigenvalue weighted by Gasteiger charge is 2.13. The average molecular weight is 339 g/mol. The summed E-state index contributed by atoms with van der Waals surface area (Å²) in [5.74, 6) is 0.383. The second kappa shape index (κ2) is 9.72. The van der Waals surface area contributed by atoms with Crippen LogP contribution in [0.3, 0.4) is 0 Å². The van der Waals surface area contributed by atoms with Gasteiger partial charge in [0.05, 0.1) is 25.3 Å². The van der Waals surface area contributed by atoms with Gasteiger partial charge in [0.1, 0.15) is 11.6 Å². The Labute approximate surface area is 140 Å². The molecule has 0 bridgehead atoms. The van der Waals surface area contributed by atoms with Gasteiger partial charge in [-0.15, -0.1) is 0 Å². The van der Waals surface area contributed by atoms with E-state index in [2.05, 4.69) is 5.32 Å². The summed E-state index contributed by atoms with van der Waals surface area (Å²) < 4.78 is 15.5. The number of nitriles is 1. The number of nitrogens with one attached hydrogen (secondary N) is 1. The minimum Gasteiger partial charge on any atom is -0.491 e. The Kier molecular flexibility index (Phi) is 7.95. The van der Waals surface area contributed by atoms with E-state index in [1.54, 1.807) is 12.1 Å². The first-order valence-corrected chi connectivity index (χ1v) is 7.34. The molecule has 0 radical (unpaired) electrons. The zero-order chi connectivity index (χ0) is 17.2. The SMILES string of the molecule is CCOc1cc(/C=C(\C#N)C(=O)NCCOC)cc(Cl)c1OC. The number of nitrogens with zero attached hydrogens (tertiary/aromatic N) is 1. The zero-order valence-electron chi connectivity index (χ0n) is 13.3. The molecule has 1 N–H and O–H groups in total. The van der Waals surface area contributed by atoms with Gasteiger partial charge in [0.2, 0.25) is 0 Å². The number of methoxy groups -OCH3 is 2. The first-order valence-electron chi connectivity index (χ1n) is 6.96. The molecular formula is C16H19ClN2O4. The summed E-state index contributed by atoms with van der Waals surface area (Å²) in [4.78, 5) is 11.9. The van der Waals surface area contributed by atoms with Gasteiger partial charge in [-0.05, 0) is 30.7 Å². The first-order chi connectivity index (χ1) is 11.1. The summed E-state index contributed by atoms with van der Waals surface area (Å²) in [5, 5.41) is 12.1. The fraction of sp³-hybridized carbons (Fsp3) is 0.375. The van der Waals surface area contributed by atoms with Gasteiger partial charge >= 0.3 is 0 Å². The van der Waals surface area contributed by atoms with Crippen molar-refractivity contribution >= 4 is 23.6 Å². The number of hydrogen-bond donors (Lipinski definition) is 1. The molecule has 23 heavy (non-hydrogen) atoms. The van der Waals surface area contributed by atoms with E-state index in [-0.39, 0.29) is 5.57 Å². The van der Waals surface area contributed by atoms with Gasteiger partial charge in [-0.3, -0.25) is 4.79 Å². The van der Waals surface area contributed by atoms with E-state index in [9.17, 15) is 4.79 Å². The standard InChI is InChI=1S/C16H19ClN2O4/c1-4-23-14-9-11(8-13(17)15(14)22-3)7-12(10-18)16(20)19-5-6-21-2/h7-9H,4-6H2,1-3H3,(H,19,20)/b12-7+. The lowest BCUT2D eigenvalue weighted by atomic mass is 10.1. The topological polar surface area (TPSA) is 80.6 Å². The van der Waals surface area contributed by atoms with Crippen LogP contribution in [0.5, 0.6) is 11.5 Å². The van der Waals surface area contributed by atoms with Crippen molar-refractivity contribution in [2.24, 2.45) is 0 Å². The van der Waals surface area contributed by atoms with Gasteiger partial charge in [-0.25, -0.2) is 0 Å². The maximum atomic E-state index is 11.9. The van der Waals surface area contributed by atoms with E-state index >= 15 is 0 Å². The van der Waals surface area contributed by atoms with Crippen LogP contribution < -0.4 is 14.8 Å². The zero-order valence-corrected chi connectivity index (χ0v) is 14.1. The fourth-order valence-electron chi connectivity index (χ4n) is 1.81. The Morgan fingerprint density at radius 2 is 2.17 bits per heavy atom. The minimum atomic E-state index is -0.477. The highest BCUT2D eigenvalue weighted by atomic mass is 35.5. The lowest BCUT2D eigenvalue weighted by molar-refractivity contribution is -0.117. The van der Waals surface area contributed by atoms with Crippen molar-refractivity contribution in [3.8, 4) is 17.6 Å². The first kappa shape index (κ1) is 18.8. The number of hydrogen-bond acceptors (Lipinski definition) is 5. The molecule has 1 rings (SSSR count). The Morgan fingerprint density at radius 3 is 2.74 bits per heavy atom. The Morgan fingerprint density at radius 1 is 1.43 bits per heavy atom. The maximum absolute atomic E-state index is 11.9. The van der Waals surface area contributed by atoms with E-state index in [0.29, 0.717) is 41.8 Å². The van der Waals surface area contributed by atoms with Crippen LogP contribution in [-0.2, 0) is 9.53 Å². The van der Waals surface area contributed by atoms with Crippen LogP contribution in [0.1, 0.15) is 12.5 Å². The van der Waals surface area contributed by atoms with E-state index in [4.69, 9.17) is 31.1 Å². The maximum Gasteiger partial charge on any atom is 0.262 e.